The molecule has 1 aromatic heterocycles. The van der Waals surface area contributed by atoms with Crippen molar-refractivity contribution in [2.45, 2.75) is 6.54 Å². The fourth-order valence-corrected chi connectivity index (χ4v) is 2.09. The summed E-state index contributed by atoms with van der Waals surface area (Å²) in [6.07, 6.45) is 0. The number of rotatable bonds is 4. The van der Waals surface area contributed by atoms with Gasteiger partial charge in [0.2, 0.25) is 17.5 Å². The summed E-state index contributed by atoms with van der Waals surface area (Å²) in [7, 11) is 0. The van der Waals surface area contributed by atoms with Crippen LogP contribution in [0.5, 0.6) is 0 Å². The van der Waals surface area contributed by atoms with E-state index in [9.17, 15) is 9.18 Å². The molecule has 3 rings (SSSR count). The molecule has 1 aromatic carbocycles. The Labute approximate surface area is 132 Å². The lowest BCUT2D eigenvalue weighted by atomic mass is 10.1. The van der Waals surface area contributed by atoms with E-state index < -0.39 is 5.82 Å². The number of carbonyl (C=O) groups excluding carboxylic acids is 1. The average molecular weight is 328 g/mol. The van der Waals surface area contributed by atoms with Gasteiger partial charge in [-0.05, 0) is 24.3 Å². The Hall–Kier alpha value is -1.83. The lowest BCUT2D eigenvalue weighted by molar-refractivity contribution is 0.0297. The van der Waals surface area contributed by atoms with Gasteiger partial charge in [0, 0.05) is 18.7 Å². The van der Waals surface area contributed by atoms with E-state index in [1.165, 1.54) is 24.3 Å². The van der Waals surface area contributed by atoms with Crippen molar-refractivity contribution in [2.24, 2.45) is 0 Å². The highest BCUT2D eigenvalue weighted by Crippen LogP contribution is 2.10. The molecule has 2 aromatic rings. The van der Waals surface area contributed by atoms with Crippen molar-refractivity contribution in [3.8, 4) is 0 Å². The molecule has 0 radical (unpaired) electrons. The van der Waals surface area contributed by atoms with E-state index in [2.05, 4.69) is 15.0 Å². The third-order valence-corrected chi connectivity index (χ3v) is 3.24. The fraction of sp³-hybridized carbons (Fsp3) is 0.357. The van der Waals surface area contributed by atoms with E-state index in [0.717, 1.165) is 13.1 Å². The summed E-state index contributed by atoms with van der Waals surface area (Å²) in [6, 6.07) is 5.25. The van der Waals surface area contributed by atoms with Crippen LogP contribution in [-0.2, 0) is 11.3 Å². The first-order valence-corrected chi connectivity index (χ1v) is 6.65. The lowest BCUT2D eigenvalue weighted by Gasteiger charge is -2.24. The molecule has 22 heavy (non-hydrogen) atoms. The molecular formula is C14H15ClFN3O3. The lowest BCUT2D eigenvalue weighted by Crippen LogP contribution is -2.35. The first-order chi connectivity index (χ1) is 10.2. The molecule has 1 saturated heterocycles. The maximum Gasteiger partial charge on any atom is 0.243 e. The van der Waals surface area contributed by atoms with Crippen molar-refractivity contribution in [1.29, 1.82) is 0 Å². The molecule has 1 aliphatic heterocycles. The SMILES string of the molecule is Cl.O=C(c1ccc(F)cc1)c1noc(CN2CCOCC2)n1. The first kappa shape index (κ1) is 16.5. The molecule has 1 aliphatic rings. The van der Waals surface area contributed by atoms with Gasteiger partial charge in [0.1, 0.15) is 5.82 Å². The van der Waals surface area contributed by atoms with Crippen LogP contribution >= 0.6 is 12.4 Å². The molecule has 0 spiro atoms. The van der Waals surface area contributed by atoms with E-state index in [4.69, 9.17) is 9.26 Å². The van der Waals surface area contributed by atoms with Crippen molar-refractivity contribution >= 4 is 18.2 Å². The summed E-state index contributed by atoms with van der Waals surface area (Å²) in [5.41, 5.74) is 0.329. The maximum atomic E-state index is 12.8. The molecular weight excluding hydrogens is 313 g/mol. The predicted octanol–water partition coefficient (Wildman–Crippen LogP) is 1.69. The summed E-state index contributed by atoms with van der Waals surface area (Å²) in [6.45, 7) is 3.44. The molecule has 1 fully saturated rings. The summed E-state index contributed by atoms with van der Waals surface area (Å²) in [4.78, 5) is 18.3. The Balaban J connectivity index is 0.00000176. The Morgan fingerprint density at radius 2 is 1.91 bits per heavy atom. The largest absolute Gasteiger partial charge is 0.379 e. The number of ether oxygens (including phenoxy) is 1. The Bertz CT molecular complexity index is 627. The molecule has 0 unspecified atom stereocenters. The van der Waals surface area contributed by atoms with Gasteiger partial charge >= 0.3 is 0 Å². The molecule has 0 aliphatic carbocycles. The van der Waals surface area contributed by atoms with Gasteiger partial charge in [-0.2, -0.15) is 4.98 Å². The zero-order chi connectivity index (χ0) is 14.7. The predicted molar refractivity (Wildman–Crippen MR) is 77.5 cm³/mol. The molecule has 0 saturated carbocycles. The van der Waals surface area contributed by atoms with Gasteiger partial charge in [-0.1, -0.05) is 5.16 Å². The van der Waals surface area contributed by atoms with Crippen LogP contribution in [-0.4, -0.2) is 47.1 Å². The number of benzene rings is 1. The maximum absolute atomic E-state index is 12.8. The highest BCUT2D eigenvalue weighted by atomic mass is 35.5. The number of ketones is 1. The van der Waals surface area contributed by atoms with E-state index in [1.54, 1.807) is 0 Å². The molecule has 0 N–H and O–H groups in total. The molecule has 8 heteroatoms. The molecule has 0 atom stereocenters. The summed E-state index contributed by atoms with van der Waals surface area (Å²) in [5.74, 6) is -0.396. The van der Waals surface area contributed by atoms with Gasteiger partial charge in [-0.3, -0.25) is 9.69 Å². The van der Waals surface area contributed by atoms with E-state index >= 15 is 0 Å². The van der Waals surface area contributed by atoms with E-state index in [-0.39, 0.29) is 24.0 Å². The van der Waals surface area contributed by atoms with Gasteiger partial charge in [0.05, 0.1) is 19.8 Å². The summed E-state index contributed by atoms with van der Waals surface area (Å²) >= 11 is 0. The third-order valence-electron chi connectivity index (χ3n) is 3.24. The Morgan fingerprint density at radius 1 is 1.23 bits per heavy atom. The number of hydrogen-bond donors (Lipinski definition) is 0. The van der Waals surface area contributed by atoms with Crippen molar-refractivity contribution in [2.75, 3.05) is 26.3 Å². The normalized spacial score (nSPS) is 15.3. The minimum Gasteiger partial charge on any atom is -0.379 e. The van der Waals surface area contributed by atoms with Crippen molar-refractivity contribution < 1.29 is 18.4 Å². The highest BCUT2D eigenvalue weighted by molar-refractivity contribution is 6.06. The van der Waals surface area contributed by atoms with E-state index in [0.29, 0.717) is 31.2 Å². The molecule has 0 amide bonds. The van der Waals surface area contributed by atoms with Crippen LogP contribution in [0.15, 0.2) is 28.8 Å². The van der Waals surface area contributed by atoms with Gasteiger partial charge < -0.3 is 9.26 Å². The fourth-order valence-electron chi connectivity index (χ4n) is 2.09. The summed E-state index contributed by atoms with van der Waals surface area (Å²) < 4.78 is 23.2. The second kappa shape index (κ2) is 7.44. The second-order valence-electron chi connectivity index (χ2n) is 4.74. The standard InChI is InChI=1S/C14H14FN3O3.ClH/c15-11-3-1-10(2-4-11)13(19)14-16-12(21-17-14)9-18-5-7-20-8-6-18;/h1-4H,5-9H2;1H. The quantitative estimate of drug-likeness (QED) is 0.796. The zero-order valence-electron chi connectivity index (χ0n) is 11.7. The number of aromatic nitrogens is 2. The number of morpholine rings is 1. The van der Waals surface area contributed by atoms with Crippen molar-refractivity contribution in [1.82, 2.24) is 15.0 Å². The molecule has 6 nitrogen and oxygen atoms in total. The van der Waals surface area contributed by atoms with Crippen molar-refractivity contribution in [3.63, 3.8) is 0 Å². The highest BCUT2D eigenvalue weighted by Gasteiger charge is 2.19. The number of halogens is 2. The minimum absolute atomic E-state index is 0. The van der Waals surface area contributed by atoms with E-state index in [1.807, 2.05) is 0 Å². The third kappa shape index (κ3) is 3.88. The number of carbonyl (C=O) groups is 1. The van der Waals surface area contributed by atoms with Crippen LogP contribution < -0.4 is 0 Å². The van der Waals surface area contributed by atoms with Gasteiger partial charge in [0.15, 0.2) is 0 Å². The van der Waals surface area contributed by atoms with Crippen LogP contribution in [0.1, 0.15) is 22.1 Å². The van der Waals surface area contributed by atoms with Gasteiger partial charge in [0.25, 0.3) is 0 Å². The van der Waals surface area contributed by atoms with Crippen LogP contribution in [0.4, 0.5) is 4.39 Å². The minimum atomic E-state index is -0.396. The molecule has 0 bridgehead atoms. The second-order valence-corrected chi connectivity index (χ2v) is 4.74. The van der Waals surface area contributed by atoms with Gasteiger partial charge in [-0.15, -0.1) is 12.4 Å². The van der Waals surface area contributed by atoms with Crippen molar-refractivity contribution in [3.05, 3.63) is 47.4 Å². The number of hydrogen-bond acceptors (Lipinski definition) is 6. The number of nitrogens with zero attached hydrogens (tertiary/aromatic N) is 3. The van der Waals surface area contributed by atoms with Gasteiger partial charge in [-0.25, -0.2) is 4.39 Å². The average Bonchev–Trinajstić information content (AvgIpc) is 2.97. The van der Waals surface area contributed by atoms with Crippen LogP contribution in [0, 0.1) is 5.82 Å². The topological polar surface area (TPSA) is 68.5 Å². The van der Waals surface area contributed by atoms with Crippen LogP contribution in [0.3, 0.4) is 0 Å². The zero-order valence-corrected chi connectivity index (χ0v) is 12.5. The monoisotopic (exact) mass is 327 g/mol. The first-order valence-electron chi connectivity index (χ1n) is 6.65. The molecule has 118 valence electrons. The Kier molecular flexibility index (Phi) is 5.59. The summed E-state index contributed by atoms with van der Waals surface area (Å²) in [5, 5.41) is 3.69. The van der Waals surface area contributed by atoms with Crippen LogP contribution in [0.2, 0.25) is 0 Å². The Morgan fingerprint density at radius 3 is 2.59 bits per heavy atom. The van der Waals surface area contributed by atoms with Crippen LogP contribution in [0.25, 0.3) is 0 Å². The smallest absolute Gasteiger partial charge is 0.243 e. The molecule has 2 heterocycles.